The molecule has 3 heterocycles. The third-order valence-corrected chi connectivity index (χ3v) is 5.91. The maximum Gasteiger partial charge on any atom is 0.178 e. The van der Waals surface area contributed by atoms with Crippen molar-refractivity contribution in [3.8, 4) is 0 Å². The molecular weight excluding hydrogens is 404 g/mol. The van der Waals surface area contributed by atoms with E-state index in [0.717, 1.165) is 82.8 Å². The van der Waals surface area contributed by atoms with Crippen LogP contribution in [0, 0.1) is 6.92 Å². The van der Waals surface area contributed by atoms with Crippen molar-refractivity contribution in [1.29, 1.82) is 0 Å². The van der Waals surface area contributed by atoms with Gasteiger partial charge in [0.25, 0.3) is 0 Å². The van der Waals surface area contributed by atoms with E-state index in [1.807, 2.05) is 6.07 Å². The highest BCUT2D eigenvalue weighted by atomic mass is 16.5. The van der Waals surface area contributed by atoms with Crippen LogP contribution in [0.4, 0.5) is 17.3 Å². The Balaban J connectivity index is 1.48. The van der Waals surface area contributed by atoms with Crippen molar-refractivity contribution in [2.45, 2.75) is 13.5 Å². The Kier molecular flexibility index (Phi) is 8.03. The van der Waals surface area contributed by atoms with Crippen molar-refractivity contribution in [3.63, 3.8) is 0 Å². The Morgan fingerprint density at radius 2 is 1.75 bits per heavy atom. The largest absolute Gasteiger partial charge is 0.379 e. The summed E-state index contributed by atoms with van der Waals surface area (Å²) >= 11 is 0. The Bertz CT molecular complexity index is 894. The first-order chi connectivity index (χ1) is 15.7. The van der Waals surface area contributed by atoms with Crippen LogP contribution in [0.5, 0.6) is 0 Å². The maximum absolute atomic E-state index is 5.53. The molecule has 0 saturated carbocycles. The van der Waals surface area contributed by atoms with E-state index in [-0.39, 0.29) is 0 Å². The zero-order chi connectivity index (χ0) is 22.2. The predicted octanol–water partition coefficient (Wildman–Crippen LogP) is 3.28. The highest BCUT2D eigenvalue weighted by molar-refractivity contribution is 5.60. The molecule has 0 bridgehead atoms. The van der Waals surface area contributed by atoms with Gasteiger partial charge in [-0.15, -0.1) is 5.11 Å². The number of pyridine rings is 1. The minimum absolute atomic E-state index is 0.549. The lowest BCUT2D eigenvalue weighted by Crippen LogP contribution is -2.41. The van der Waals surface area contributed by atoms with Crippen molar-refractivity contribution in [2.75, 3.05) is 82.5 Å². The molecule has 0 atom stereocenters. The molecule has 8 nitrogen and oxygen atoms in total. The molecule has 4 rings (SSSR count). The molecule has 0 aliphatic carbocycles. The normalized spacial score (nSPS) is 17.8. The van der Waals surface area contributed by atoms with Gasteiger partial charge in [0.1, 0.15) is 5.82 Å². The third kappa shape index (κ3) is 6.48. The number of benzene rings is 1. The van der Waals surface area contributed by atoms with Crippen LogP contribution in [0.1, 0.15) is 11.1 Å². The summed E-state index contributed by atoms with van der Waals surface area (Å²) in [6, 6.07) is 12.6. The van der Waals surface area contributed by atoms with E-state index in [0.29, 0.717) is 12.4 Å². The molecule has 2 aliphatic heterocycles. The maximum atomic E-state index is 5.53. The van der Waals surface area contributed by atoms with Crippen LogP contribution in [0.2, 0.25) is 0 Å². The number of hydrogen-bond donors (Lipinski definition) is 0. The number of likely N-dealkylation sites (N-methyl/N-ethyl adjacent to an activating group) is 1. The highest BCUT2D eigenvalue weighted by Crippen LogP contribution is 2.27. The van der Waals surface area contributed by atoms with Crippen molar-refractivity contribution < 1.29 is 9.47 Å². The lowest BCUT2D eigenvalue weighted by atomic mass is 10.1. The number of aromatic nitrogens is 1. The van der Waals surface area contributed by atoms with Gasteiger partial charge >= 0.3 is 0 Å². The van der Waals surface area contributed by atoms with Crippen molar-refractivity contribution in [3.05, 3.63) is 47.5 Å². The smallest absolute Gasteiger partial charge is 0.178 e. The zero-order valence-electron chi connectivity index (χ0n) is 19.2. The Hall–Kier alpha value is -2.55. The predicted molar refractivity (Wildman–Crippen MR) is 127 cm³/mol. The van der Waals surface area contributed by atoms with Crippen molar-refractivity contribution in [1.82, 2.24) is 9.88 Å². The van der Waals surface area contributed by atoms with Crippen LogP contribution < -0.4 is 9.80 Å². The Labute approximate surface area is 190 Å². The molecule has 0 radical (unpaired) electrons. The van der Waals surface area contributed by atoms with Crippen molar-refractivity contribution >= 4 is 17.3 Å². The standard InChI is InChI=1S/C24H34N6O2/c1-20-4-3-5-21(16-20)19-25-27-23-17-22(30-10-14-32-15-11-30)18-24(26-23)28(2)6-7-29-8-12-31-13-9-29/h3-5,16-18H,6-15,19H2,1-2H3. The zero-order valence-corrected chi connectivity index (χ0v) is 19.2. The van der Waals surface area contributed by atoms with E-state index in [9.17, 15) is 0 Å². The molecule has 2 saturated heterocycles. The van der Waals surface area contributed by atoms with Gasteiger partial charge in [-0.2, -0.15) is 5.11 Å². The van der Waals surface area contributed by atoms with Crippen LogP contribution in [0.15, 0.2) is 46.6 Å². The monoisotopic (exact) mass is 438 g/mol. The highest BCUT2D eigenvalue weighted by Gasteiger charge is 2.16. The number of anilines is 2. The Morgan fingerprint density at radius 3 is 2.50 bits per heavy atom. The lowest BCUT2D eigenvalue weighted by molar-refractivity contribution is 0.0393. The summed E-state index contributed by atoms with van der Waals surface area (Å²) < 4.78 is 11.0. The molecule has 8 heteroatoms. The van der Waals surface area contributed by atoms with E-state index in [2.05, 4.69) is 69.2 Å². The van der Waals surface area contributed by atoms with Crippen molar-refractivity contribution in [2.24, 2.45) is 10.2 Å². The van der Waals surface area contributed by atoms with Crippen LogP contribution in [0.25, 0.3) is 0 Å². The van der Waals surface area contributed by atoms with E-state index in [4.69, 9.17) is 14.5 Å². The van der Waals surface area contributed by atoms with E-state index >= 15 is 0 Å². The third-order valence-electron chi connectivity index (χ3n) is 5.91. The van der Waals surface area contributed by atoms with E-state index in [1.54, 1.807) is 0 Å². The van der Waals surface area contributed by atoms with Gasteiger partial charge in [-0.25, -0.2) is 4.98 Å². The molecule has 32 heavy (non-hydrogen) atoms. The molecule has 0 unspecified atom stereocenters. The summed E-state index contributed by atoms with van der Waals surface area (Å²) in [5.74, 6) is 1.57. The minimum Gasteiger partial charge on any atom is -0.379 e. The van der Waals surface area contributed by atoms with Gasteiger partial charge in [0.15, 0.2) is 5.82 Å². The summed E-state index contributed by atoms with van der Waals surface area (Å²) in [7, 11) is 2.10. The molecule has 2 aromatic rings. The molecule has 2 fully saturated rings. The van der Waals surface area contributed by atoms with Crippen LogP contribution in [-0.2, 0) is 16.0 Å². The summed E-state index contributed by atoms with van der Waals surface area (Å²) in [6.45, 7) is 11.4. The van der Waals surface area contributed by atoms with Gasteiger partial charge in [0.2, 0.25) is 0 Å². The molecule has 0 N–H and O–H groups in total. The number of rotatable bonds is 8. The second-order valence-corrected chi connectivity index (χ2v) is 8.41. The first kappa shape index (κ1) is 22.6. The fraction of sp³-hybridized carbons (Fsp3) is 0.542. The fourth-order valence-corrected chi connectivity index (χ4v) is 3.97. The summed E-state index contributed by atoms with van der Waals surface area (Å²) in [5.41, 5.74) is 3.51. The summed E-state index contributed by atoms with van der Waals surface area (Å²) in [4.78, 5) is 11.8. The van der Waals surface area contributed by atoms with Crippen LogP contribution in [0.3, 0.4) is 0 Å². The second kappa shape index (κ2) is 11.4. The minimum atomic E-state index is 0.549. The van der Waals surface area contributed by atoms with Gasteiger partial charge < -0.3 is 19.3 Å². The van der Waals surface area contributed by atoms with Gasteiger partial charge in [-0.3, -0.25) is 4.90 Å². The number of ether oxygens (including phenoxy) is 2. The molecular formula is C24H34N6O2. The number of hydrogen-bond acceptors (Lipinski definition) is 8. The molecule has 1 aromatic heterocycles. The molecule has 172 valence electrons. The van der Waals surface area contributed by atoms with E-state index < -0.39 is 0 Å². The Morgan fingerprint density at radius 1 is 1.00 bits per heavy atom. The SMILES string of the molecule is Cc1cccc(CN=Nc2cc(N3CCOCC3)cc(N(C)CCN3CCOCC3)n2)c1. The van der Waals surface area contributed by atoms with E-state index in [1.165, 1.54) is 5.56 Å². The lowest BCUT2D eigenvalue weighted by Gasteiger charge is -2.31. The van der Waals surface area contributed by atoms with Crippen LogP contribution in [-0.4, -0.2) is 82.6 Å². The molecule has 0 amide bonds. The number of morpholine rings is 2. The first-order valence-electron chi connectivity index (χ1n) is 11.5. The van der Waals surface area contributed by atoms with Gasteiger partial charge in [0, 0.05) is 64.1 Å². The molecule has 0 spiro atoms. The summed E-state index contributed by atoms with van der Waals surface area (Å²) in [6.07, 6.45) is 0. The fourth-order valence-electron chi connectivity index (χ4n) is 3.97. The first-order valence-corrected chi connectivity index (χ1v) is 11.5. The quantitative estimate of drug-likeness (QED) is 0.590. The molecule has 1 aromatic carbocycles. The summed E-state index contributed by atoms with van der Waals surface area (Å²) in [5, 5.41) is 8.92. The van der Waals surface area contributed by atoms with Gasteiger partial charge in [-0.05, 0) is 12.5 Å². The number of aryl methyl sites for hydroxylation is 1. The molecule has 2 aliphatic rings. The van der Waals surface area contributed by atoms with Gasteiger partial charge in [0.05, 0.1) is 33.0 Å². The van der Waals surface area contributed by atoms with Crippen LogP contribution >= 0.6 is 0 Å². The van der Waals surface area contributed by atoms with Gasteiger partial charge in [-0.1, -0.05) is 29.8 Å². The average molecular weight is 439 g/mol. The average Bonchev–Trinajstić information content (AvgIpc) is 2.83. The topological polar surface area (TPSA) is 65.8 Å². The number of azo groups is 1. The number of nitrogens with zero attached hydrogens (tertiary/aromatic N) is 6. The second-order valence-electron chi connectivity index (χ2n) is 8.41.